The van der Waals surface area contributed by atoms with Crippen LogP contribution in [0.2, 0.25) is 0 Å². The van der Waals surface area contributed by atoms with Crippen molar-refractivity contribution < 1.29 is 9.84 Å². The first-order chi connectivity index (χ1) is 7.29. The molecule has 1 heterocycles. The van der Waals surface area contributed by atoms with Gasteiger partial charge in [-0.2, -0.15) is 0 Å². The number of rotatable bonds is 4. The average Bonchev–Trinajstić information content (AvgIpc) is 2.58. The van der Waals surface area contributed by atoms with Gasteiger partial charge in [0.15, 0.2) is 0 Å². The monoisotopic (exact) mass is 206 g/mol. The molecule has 0 saturated carbocycles. The third-order valence-electron chi connectivity index (χ3n) is 2.36. The molecule has 0 aromatic heterocycles. The summed E-state index contributed by atoms with van der Waals surface area (Å²) >= 11 is 0. The Balaban J connectivity index is 2.51. The van der Waals surface area contributed by atoms with Crippen LogP contribution in [0.5, 0.6) is 0 Å². The lowest BCUT2D eigenvalue weighted by Gasteiger charge is -2.11. The predicted molar refractivity (Wildman–Crippen MR) is 62.5 cm³/mol. The lowest BCUT2D eigenvalue weighted by Crippen LogP contribution is -2.23. The molecule has 1 saturated heterocycles. The van der Waals surface area contributed by atoms with Crippen molar-refractivity contribution in [3.63, 3.8) is 0 Å². The van der Waals surface area contributed by atoms with Gasteiger partial charge in [-0.25, -0.2) is 0 Å². The molecule has 1 aliphatic rings. The number of hydrogen-bond acceptors (Lipinski definition) is 2. The minimum atomic E-state index is -0.456. The molecule has 0 amide bonds. The summed E-state index contributed by atoms with van der Waals surface area (Å²) in [6.07, 6.45) is 12.5. The highest BCUT2D eigenvalue weighted by molar-refractivity contribution is 5.11. The van der Waals surface area contributed by atoms with Gasteiger partial charge < -0.3 is 9.84 Å². The van der Waals surface area contributed by atoms with E-state index in [2.05, 4.69) is 6.58 Å². The number of aliphatic hydroxyl groups is 1. The summed E-state index contributed by atoms with van der Waals surface area (Å²) in [6.45, 7) is 6.11. The maximum absolute atomic E-state index is 9.89. The van der Waals surface area contributed by atoms with Gasteiger partial charge in [0.2, 0.25) is 0 Å². The van der Waals surface area contributed by atoms with Gasteiger partial charge in [0.05, 0.1) is 12.7 Å². The van der Waals surface area contributed by atoms with Crippen LogP contribution in [0.1, 0.15) is 6.92 Å². The molecule has 0 radical (unpaired) electrons. The molecule has 0 aromatic rings. The SMILES string of the molecule is C=C/C=C/[C@H]1OC[C@@H](/C=C/C=C/C)[C@@H]1O. The molecule has 0 aromatic carbocycles. The lowest BCUT2D eigenvalue weighted by atomic mass is 10.0. The lowest BCUT2D eigenvalue weighted by molar-refractivity contribution is 0.0724. The Morgan fingerprint density at radius 1 is 1.27 bits per heavy atom. The fourth-order valence-electron chi connectivity index (χ4n) is 1.51. The number of ether oxygens (including phenoxy) is 1. The second kappa shape index (κ2) is 6.38. The Morgan fingerprint density at radius 3 is 2.73 bits per heavy atom. The van der Waals surface area contributed by atoms with E-state index in [1.807, 2.05) is 37.3 Å². The molecule has 2 nitrogen and oxygen atoms in total. The molecular formula is C13H18O2. The van der Waals surface area contributed by atoms with E-state index in [0.29, 0.717) is 6.61 Å². The summed E-state index contributed by atoms with van der Waals surface area (Å²) in [5.41, 5.74) is 0. The van der Waals surface area contributed by atoms with Crippen LogP contribution in [0.25, 0.3) is 0 Å². The molecule has 2 heteroatoms. The molecule has 0 aliphatic carbocycles. The summed E-state index contributed by atoms with van der Waals surface area (Å²) in [4.78, 5) is 0. The van der Waals surface area contributed by atoms with Gasteiger partial charge in [-0.05, 0) is 6.92 Å². The van der Waals surface area contributed by atoms with Crippen molar-refractivity contribution in [2.75, 3.05) is 6.61 Å². The highest BCUT2D eigenvalue weighted by Gasteiger charge is 2.32. The minimum Gasteiger partial charge on any atom is -0.389 e. The van der Waals surface area contributed by atoms with Gasteiger partial charge in [-0.3, -0.25) is 0 Å². The smallest absolute Gasteiger partial charge is 0.102 e. The van der Waals surface area contributed by atoms with E-state index in [1.165, 1.54) is 0 Å². The van der Waals surface area contributed by atoms with E-state index < -0.39 is 6.10 Å². The Labute approximate surface area is 91.3 Å². The van der Waals surface area contributed by atoms with Gasteiger partial charge in [0.1, 0.15) is 6.10 Å². The molecule has 1 rings (SSSR count). The van der Waals surface area contributed by atoms with Crippen molar-refractivity contribution in [3.05, 3.63) is 49.1 Å². The molecule has 82 valence electrons. The zero-order chi connectivity index (χ0) is 11.1. The van der Waals surface area contributed by atoms with Crippen molar-refractivity contribution in [2.45, 2.75) is 19.1 Å². The normalized spacial score (nSPS) is 32.3. The fourth-order valence-corrected chi connectivity index (χ4v) is 1.51. The van der Waals surface area contributed by atoms with Crippen LogP contribution >= 0.6 is 0 Å². The summed E-state index contributed by atoms with van der Waals surface area (Å²) in [6, 6.07) is 0. The molecular weight excluding hydrogens is 188 g/mol. The Bertz CT molecular complexity index is 276. The van der Waals surface area contributed by atoms with E-state index in [-0.39, 0.29) is 12.0 Å². The van der Waals surface area contributed by atoms with Crippen molar-refractivity contribution in [1.29, 1.82) is 0 Å². The summed E-state index contributed by atoms with van der Waals surface area (Å²) in [5.74, 6) is 0.0839. The molecule has 0 spiro atoms. The number of hydrogen-bond donors (Lipinski definition) is 1. The van der Waals surface area contributed by atoms with Crippen molar-refractivity contribution >= 4 is 0 Å². The van der Waals surface area contributed by atoms with Gasteiger partial charge in [-0.1, -0.05) is 49.1 Å². The molecule has 0 unspecified atom stereocenters. The van der Waals surface area contributed by atoms with Gasteiger partial charge >= 0.3 is 0 Å². The second-order valence-electron chi connectivity index (χ2n) is 3.48. The van der Waals surface area contributed by atoms with E-state index in [0.717, 1.165) is 0 Å². The van der Waals surface area contributed by atoms with Crippen molar-refractivity contribution in [1.82, 2.24) is 0 Å². The van der Waals surface area contributed by atoms with E-state index in [9.17, 15) is 5.11 Å². The molecule has 1 N–H and O–H groups in total. The van der Waals surface area contributed by atoms with Gasteiger partial charge in [-0.15, -0.1) is 0 Å². The van der Waals surface area contributed by atoms with Crippen LogP contribution in [-0.2, 0) is 4.74 Å². The van der Waals surface area contributed by atoms with Crippen LogP contribution in [0, 0.1) is 5.92 Å². The zero-order valence-corrected chi connectivity index (χ0v) is 9.04. The molecule has 15 heavy (non-hydrogen) atoms. The quantitative estimate of drug-likeness (QED) is 0.715. The van der Waals surface area contributed by atoms with E-state index >= 15 is 0 Å². The van der Waals surface area contributed by atoms with Crippen molar-refractivity contribution in [3.8, 4) is 0 Å². The van der Waals surface area contributed by atoms with Gasteiger partial charge in [0, 0.05) is 5.92 Å². The van der Waals surface area contributed by atoms with Crippen LogP contribution in [0.15, 0.2) is 49.1 Å². The average molecular weight is 206 g/mol. The fraction of sp³-hybridized carbons (Fsp3) is 0.385. The number of allylic oxidation sites excluding steroid dienone is 5. The second-order valence-corrected chi connectivity index (χ2v) is 3.48. The van der Waals surface area contributed by atoms with Gasteiger partial charge in [0.25, 0.3) is 0 Å². The third-order valence-corrected chi connectivity index (χ3v) is 2.36. The molecule has 1 aliphatic heterocycles. The maximum Gasteiger partial charge on any atom is 0.102 e. The predicted octanol–water partition coefficient (Wildman–Crippen LogP) is 2.24. The molecule has 1 fully saturated rings. The van der Waals surface area contributed by atoms with Crippen LogP contribution in [0.4, 0.5) is 0 Å². The van der Waals surface area contributed by atoms with Crippen LogP contribution in [-0.4, -0.2) is 23.9 Å². The molecule has 0 bridgehead atoms. The largest absolute Gasteiger partial charge is 0.389 e. The zero-order valence-electron chi connectivity index (χ0n) is 9.04. The highest BCUT2D eigenvalue weighted by atomic mass is 16.5. The van der Waals surface area contributed by atoms with Crippen molar-refractivity contribution in [2.24, 2.45) is 5.92 Å². The van der Waals surface area contributed by atoms with Crippen LogP contribution in [0.3, 0.4) is 0 Å². The minimum absolute atomic E-state index is 0.0839. The standard InChI is InChI=1S/C13H18O2/c1-3-5-7-8-11-10-15-12(13(11)14)9-6-4-2/h3-9,11-14H,2,10H2,1H3/b5-3+,8-7+,9-6+/t11-,12-,13+/m1/s1. The Morgan fingerprint density at radius 2 is 2.07 bits per heavy atom. The topological polar surface area (TPSA) is 29.5 Å². The summed E-state index contributed by atoms with van der Waals surface area (Å²) in [5, 5.41) is 9.89. The Kier molecular flexibility index (Phi) is 5.08. The Hall–Kier alpha value is -1.12. The summed E-state index contributed by atoms with van der Waals surface area (Å²) < 4.78 is 5.45. The third kappa shape index (κ3) is 3.50. The first-order valence-electron chi connectivity index (χ1n) is 5.18. The van der Waals surface area contributed by atoms with E-state index in [1.54, 1.807) is 12.2 Å². The first-order valence-corrected chi connectivity index (χ1v) is 5.18. The van der Waals surface area contributed by atoms with Crippen LogP contribution < -0.4 is 0 Å². The number of aliphatic hydroxyl groups excluding tert-OH is 1. The maximum atomic E-state index is 9.89. The van der Waals surface area contributed by atoms with E-state index in [4.69, 9.17) is 4.74 Å². The first kappa shape index (κ1) is 12.0. The summed E-state index contributed by atoms with van der Waals surface area (Å²) in [7, 11) is 0. The molecule has 3 atom stereocenters. The highest BCUT2D eigenvalue weighted by Crippen LogP contribution is 2.22.